The first-order valence-electron chi connectivity index (χ1n) is 4.39. The van der Waals surface area contributed by atoms with Crippen molar-refractivity contribution in [2.24, 2.45) is 0 Å². The van der Waals surface area contributed by atoms with E-state index in [1.54, 1.807) is 12.5 Å². The summed E-state index contributed by atoms with van der Waals surface area (Å²) in [4.78, 5) is 14.4. The molecule has 72 valence electrons. The summed E-state index contributed by atoms with van der Waals surface area (Å²) in [7, 11) is 0. The van der Waals surface area contributed by atoms with E-state index in [0.717, 1.165) is 11.2 Å². The van der Waals surface area contributed by atoms with Gasteiger partial charge in [0, 0.05) is 5.69 Å². The van der Waals surface area contributed by atoms with Crippen molar-refractivity contribution in [3.8, 4) is 0 Å². The Morgan fingerprint density at radius 2 is 2.36 bits per heavy atom. The Kier molecular flexibility index (Phi) is 2.18. The van der Waals surface area contributed by atoms with Gasteiger partial charge in [-0.2, -0.15) is 0 Å². The maximum Gasteiger partial charge on any atom is 0.303 e. The summed E-state index contributed by atoms with van der Waals surface area (Å²) in [5.74, 6) is -0.776. The molecule has 2 aromatic rings. The first kappa shape index (κ1) is 8.74. The number of pyridine rings is 1. The van der Waals surface area contributed by atoms with Gasteiger partial charge in [0.2, 0.25) is 0 Å². The molecule has 2 rings (SSSR count). The topological polar surface area (TPSA) is 54.6 Å². The van der Waals surface area contributed by atoms with E-state index in [1.165, 1.54) is 0 Å². The van der Waals surface area contributed by atoms with Gasteiger partial charge >= 0.3 is 5.97 Å². The molecular formula is C10H10N2O2. The van der Waals surface area contributed by atoms with Gasteiger partial charge in [0.25, 0.3) is 0 Å². The molecule has 0 aliphatic carbocycles. The summed E-state index contributed by atoms with van der Waals surface area (Å²) in [6, 6.07) is 5.77. The molecule has 14 heavy (non-hydrogen) atoms. The Morgan fingerprint density at radius 3 is 3.14 bits per heavy atom. The Morgan fingerprint density at radius 1 is 1.50 bits per heavy atom. The van der Waals surface area contributed by atoms with Gasteiger partial charge in [0.15, 0.2) is 0 Å². The smallest absolute Gasteiger partial charge is 0.303 e. The Labute approximate surface area is 80.8 Å². The van der Waals surface area contributed by atoms with Crippen LogP contribution in [0.2, 0.25) is 0 Å². The van der Waals surface area contributed by atoms with Crippen LogP contribution in [0.15, 0.2) is 30.7 Å². The van der Waals surface area contributed by atoms with Crippen LogP contribution in [0.3, 0.4) is 0 Å². The number of fused-ring (bicyclic) bond motifs is 1. The van der Waals surface area contributed by atoms with Crippen molar-refractivity contribution >= 4 is 11.5 Å². The lowest BCUT2D eigenvalue weighted by molar-refractivity contribution is -0.136. The number of aromatic nitrogens is 2. The highest BCUT2D eigenvalue weighted by atomic mass is 16.4. The summed E-state index contributed by atoms with van der Waals surface area (Å²) >= 11 is 0. The fourth-order valence-corrected chi connectivity index (χ4v) is 1.45. The molecule has 2 heterocycles. The van der Waals surface area contributed by atoms with E-state index in [-0.39, 0.29) is 6.42 Å². The number of rotatable bonds is 3. The summed E-state index contributed by atoms with van der Waals surface area (Å²) in [5.41, 5.74) is 1.97. The van der Waals surface area contributed by atoms with Gasteiger partial charge in [0.05, 0.1) is 24.5 Å². The van der Waals surface area contributed by atoms with E-state index in [2.05, 4.69) is 4.98 Å². The zero-order chi connectivity index (χ0) is 9.97. The van der Waals surface area contributed by atoms with Crippen LogP contribution in [0.25, 0.3) is 5.52 Å². The minimum absolute atomic E-state index is 0.150. The van der Waals surface area contributed by atoms with Crippen molar-refractivity contribution in [3.63, 3.8) is 0 Å². The van der Waals surface area contributed by atoms with Crippen molar-refractivity contribution in [2.75, 3.05) is 0 Å². The lowest BCUT2D eigenvalue weighted by atomic mass is 10.2. The average Bonchev–Trinajstić information content (AvgIpc) is 2.62. The third-order valence-corrected chi connectivity index (χ3v) is 2.13. The molecule has 0 aliphatic rings. The SMILES string of the molecule is O=C(O)CCc1cccc2cncn12. The van der Waals surface area contributed by atoms with Gasteiger partial charge in [-0.25, -0.2) is 4.98 Å². The lowest BCUT2D eigenvalue weighted by Gasteiger charge is -2.02. The number of carbonyl (C=O) groups is 1. The number of carboxylic acid groups (broad SMARTS) is 1. The second-order valence-electron chi connectivity index (χ2n) is 3.10. The molecule has 0 aromatic carbocycles. The van der Waals surface area contributed by atoms with E-state index in [4.69, 9.17) is 5.11 Å². The molecule has 4 heteroatoms. The van der Waals surface area contributed by atoms with Gasteiger partial charge in [-0.3, -0.25) is 4.79 Å². The van der Waals surface area contributed by atoms with Gasteiger partial charge in [-0.1, -0.05) is 6.07 Å². The molecule has 0 spiro atoms. The van der Waals surface area contributed by atoms with Crippen molar-refractivity contribution in [2.45, 2.75) is 12.8 Å². The Balaban J connectivity index is 2.32. The van der Waals surface area contributed by atoms with Crippen LogP contribution in [-0.2, 0) is 11.2 Å². The first-order chi connectivity index (χ1) is 6.77. The first-order valence-corrected chi connectivity index (χ1v) is 4.39. The van der Waals surface area contributed by atoms with Gasteiger partial charge < -0.3 is 9.51 Å². The van der Waals surface area contributed by atoms with E-state index in [1.807, 2.05) is 22.6 Å². The predicted molar refractivity (Wildman–Crippen MR) is 51.1 cm³/mol. The monoisotopic (exact) mass is 190 g/mol. The second kappa shape index (κ2) is 3.49. The molecule has 0 bridgehead atoms. The van der Waals surface area contributed by atoms with E-state index in [9.17, 15) is 4.79 Å². The maximum atomic E-state index is 10.4. The summed E-state index contributed by atoms with van der Waals surface area (Å²) in [6.45, 7) is 0. The van der Waals surface area contributed by atoms with Crippen LogP contribution in [0.5, 0.6) is 0 Å². The van der Waals surface area contributed by atoms with Crippen LogP contribution >= 0.6 is 0 Å². The van der Waals surface area contributed by atoms with Crippen LogP contribution in [0.4, 0.5) is 0 Å². The highest BCUT2D eigenvalue weighted by Gasteiger charge is 2.02. The van der Waals surface area contributed by atoms with E-state index < -0.39 is 5.97 Å². The van der Waals surface area contributed by atoms with E-state index in [0.29, 0.717) is 6.42 Å². The minimum atomic E-state index is -0.776. The molecule has 1 N–H and O–H groups in total. The number of aryl methyl sites for hydroxylation is 1. The quantitative estimate of drug-likeness (QED) is 0.794. The number of carboxylic acids is 1. The van der Waals surface area contributed by atoms with Crippen LogP contribution in [-0.4, -0.2) is 20.5 Å². The van der Waals surface area contributed by atoms with Crippen LogP contribution in [0, 0.1) is 0 Å². The number of nitrogens with zero attached hydrogens (tertiary/aromatic N) is 2. The largest absolute Gasteiger partial charge is 0.481 e. The van der Waals surface area contributed by atoms with E-state index >= 15 is 0 Å². The standard InChI is InChI=1S/C10H10N2O2/c13-10(14)5-4-8-2-1-3-9-6-11-7-12(8)9/h1-3,6-7H,4-5H2,(H,13,14). The van der Waals surface area contributed by atoms with Gasteiger partial charge in [-0.15, -0.1) is 0 Å². The number of hydrogen-bond acceptors (Lipinski definition) is 2. The molecule has 0 atom stereocenters. The number of hydrogen-bond donors (Lipinski definition) is 1. The van der Waals surface area contributed by atoms with Crippen LogP contribution < -0.4 is 0 Å². The minimum Gasteiger partial charge on any atom is -0.481 e. The molecular weight excluding hydrogens is 180 g/mol. The summed E-state index contributed by atoms with van der Waals surface area (Å²) in [5, 5.41) is 8.57. The fourth-order valence-electron chi connectivity index (χ4n) is 1.45. The zero-order valence-electron chi connectivity index (χ0n) is 7.55. The summed E-state index contributed by atoms with van der Waals surface area (Å²) < 4.78 is 1.91. The molecule has 0 unspecified atom stereocenters. The maximum absolute atomic E-state index is 10.4. The van der Waals surface area contributed by atoms with Gasteiger partial charge in [-0.05, 0) is 18.6 Å². The third-order valence-electron chi connectivity index (χ3n) is 2.13. The predicted octanol–water partition coefficient (Wildman–Crippen LogP) is 1.35. The van der Waals surface area contributed by atoms with Crippen LogP contribution in [0.1, 0.15) is 12.1 Å². The van der Waals surface area contributed by atoms with Crippen molar-refractivity contribution < 1.29 is 9.90 Å². The lowest BCUT2D eigenvalue weighted by Crippen LogP contribution is -2.01. The molecule has 0 saturated carbocycles. The Bertz CT molecular complexity index is 462. The normalized spacial score (nSPS) is 10.6. The fraction of sp³-hybridized carbons (Fsp3) is 0.200. The third kappa shape index (κ3) is 1.59. The highest BCUT2D eigenvalue weighted by Crippen LogP contribution is 2.08. The molecule has 0 saturated heterocycles. The number of aliphatic carboxylic acids is 1. The second-order valence-corrected chi connectivity index (χ2v) is 3.10. The molecule has 0 aliphatic heterocycles. The average molecular weight is 190 g/mol. The van der Waals surface area contributed by atoms with Gasteiger partial charge in [0.1, 0.15) is 0 Å². The Hall–Kier alpha value is -1.84. The zero-order valence-corrected chi connectivity index (χ0v) is 7.55. The van der Waals surface area contributed by atoms with Crippen molar-refractivity contribution in [1.29, 1.82) is 0 Å². The molecule has 4 nitrogen and oxygen atoms in total. The number of imidazole rings is 1. The molecule has 0 fully saturated rings. The highest BCUT2D eigenvalue weighted by molar-refractivity contribution is 5.67. The van der Waals surface area contributed by atoms with Crippen molar-refractivity contribution in [3.05, 3.63) is 36.4 Å². The molecule has 0 radical (unpaired) electrons. The van der Waals surface area contributed by atoms with Crippen molar-refractivity contribution in [1.82, 2.24) is 9.38 Å². The molecule has 0 amide bonds. The summed E-state index contributed by atoms with van der Waals surface area (Å²) in [6.07, 6.45) is 4.14. The molecule has 2 aromatic heterocycles.